The van der Waals surface area contributed by atoms with Crippen molar-refractivity contribution in [3.05, 3.63) is 68.6 Å². The Labute approximate surface area is 163 Å². The minimum absolute atomic E-state index is 0.0184. The molecule has 2 aromatic heterocycles. The summed E-state index contributed by atoms with van der Waals surface area (Å²) < 4.78 is 16.5. The van der Waals surface area contributed by atoms with E-state index in [9.17, 15) is 9.59 Å². The molecule has 3 rings (SSSR count). The summed E-state index contributed by atoms with van der Waals surface area (Å²) in [5.74, 6) is 1.15. The van der Waals surface area contributed by atoms with Gasteiger partial charge in [0.1, 0.15) is 11.3 Å². The van der Waals surface area contributed by atoms with Crippen LogP contribution in [0.4, 0.5) is 0 Å². The molecular weight excluding hydrogens is 416 g/mol. The molecule has 0 spiro atoms. The SMILES string of the molecule is COc1cc(CNC(=O)c2ccc(-c3ccco3)[nH]c2=O)cc(Br)c1OC. The van der Waals surface area contributed by atoms with E-state index in [0.29, 0.717) is 27.4 Å². The lowest BCUT2D eigenvalue weighted by atomic mass is 10.1. The van der Waals surface area contributed by atoms with Crippen LogP contribution in [0.2, 0.25) is 0 Å². The van der Waals surface area contributed by atoms with Crippen molar-refractivity contribution in [2.45, 2.75) is 6.54 Å². The number of nitrogens with one attached hydrogen (secondary N) is 2. The Balaban J connectivity index is 1.75. The van der Waals surface area contributed by atoms with Crippen LogP contribution in [0.1, 0.15) is 15.9 Å². The van der Waals surface area contributed by atoms with E-state index in [4.69, 9.17) is 13.9 Å². The summed E-state index contributed by atoms with van der Waals surface area (Å²) in [7, 11) is 3.08. The van der Waals surface area contributed by atoms with Gasteiger partial charge in [-0.05, 0) is 57.9 Å². The van der Waals surface area contributed by atoms with E-state index in [1.165, 1.54) is 19.4 Å². The highest BCUT2D eigenvalue weighted by atomic mass is 79.9. The molecular formula is C19H17BrN2O5. The molecule has 0 bridgehead atoms. The van der Waals surface area contributed by atoms with Crippen LogP contribution in [-0.4, -0.2) is 25.1 Å². The Kier molecular flexibility index (Phi) is 5.66. The fourth-order valence-corrected chi connectivity index (χ4v) is 3.23. The molecule has 0 fully saturated rings. The molecule has 0 saturated heterocycles. The molecule has 0 radical (unpaired) electrons. The van der Waals surface area contributed by atoms with Crippen LogP contribution < -0.4 is 20.3 Å². The number of rotatable bonds is 6. The minimum Gasteiger partial charge on any atom is -0.493 e. The number of hydrogen-bond acceptors (Lipinski definition) is 5. The van der Waals surface area contributed by atoms with Crippen LogP contribution in [0.25, 0.3) is 11.5 Å². The summed E-state index contributed by atoms with van der Waals surface area (Å²) in [6, 6.07) is 10.1. The van der Waals surface area contributed by atoms with Crippen LogP contribution >= 0.6 is 15.9 Å². The molecule has 0 unspecified atom stereocenters. The van der Waals surface area contributed by atoms with Crippen molar-refractivity contribution in [3.63, 3.8) is 0 Å². The second kappa shape index (κ2) is 8.13. The standard InChI is InChI=1S/C19H17BrN2O5/c1-25-16-9-11(8-13(20)17(16)26-2)10-21-18(23)12-5-6-14(22-19(12)24)15-4-3-7-27-15/h3-9H,10H2,1-2H3,(H,21,23)(H,22,24). The molecule has 0 atom stereocenters. The van der Waals surface area contributed by atoms with Gasteiger partial charge >= 0.3 is 0 Å². The molecule has 0 aliphatic carbocycles. The van der Waals surface area contributed by atoms with Crippen LogP contribution in [0.15, 0.2) is 56.3 Å². The molecule has 0 saturated carbocycles. The Morgan fingerprint density at radius 3 is 2.67 bits per heavy atom. The van der Waals surface area contributed by atoms with Gasteiger partial charge in [-0.15, -0.1) is 0 Å². The average Bonchev–Trinajstić information content (AvgIpc) is 3.20. The third-order valence-corrected chi connectivity index (χ3v) is 4.48. The van der Waals surface area contributed by atoms with Crippen molar-refractivity contribution in [2.75, 3.05) is 14.2 Å². The van der Waals surface area contributed by atoms with Crippen molar-refractivity contribution in [2.24, 2.45) is 0 Å². The predicted octanol–water partition coefficient (Wildman–Crippen LogP) is 3.34. The van der Waals surface area contributed by atoms with Crippen LogP contribution in [0.5, 0.6) is 11.5 Å². The first kappa shape index (κ1) is 18.8. The van der Waals surface area contributed by atoms with Gasteiger partial charge in [0.25, 0.3) is 11.5 Å². The average molecular weight is 433 g/mol. The quantitative estimate of drug-likeness (QED) is 0.622. The van der Waals surface area contributed by atoms with Gasteiger partial charge in [0.15, 0.2) is 11.5 Å². The number of aromatic nitrogens is 1. The first-order chi connectivity index (χ1) is 13.0. The van der Waals surface area contributed by atoms with Crippen LogP contribution in [0.3, 0.4) is 0 Å². The normalized spacial score (nSPS) is 10.5. The van der Waals surface area contributed by atoms with E-state index in [2.05, 4.69) is 26.2 Å². The van der Waals surface area contributed by atoms with E-state index in [0.717, 1.165) is 5.56 Å². The molecule has 1 aromatic carbocycles. The Bertz CT molecular complexity index is 1010. The van der Waals surface area contributed by atoms with Gasteiger partial charge in [-0.3, -0.25) is 9.59 Å². The number of benzene rings is 1. The zero-order valence-electron chi connectivity index (χ0n) is 14.7. The largest absolute Gasteiger partial charge is 0.493 e. The molecule has 1 amide bonds. The summed E-state index contributed by atoms with van der Waals surface area (Å²) >= 11 is 3.41. The zero-order chi connectivity index (χ0) is 19.4. The molecule has 0 aliphatic heterocycles. The molecule has 3 aromatic rings. The number of aromatic amines is 1. The molecule has 7 nitrogen and oxygen atoms in total. The highest BCUT2D eigenvalue weighted by Crippen LogP contribution is 2.36. The maximum absolute atomic E-state index is 12.4. The smallest absolute Gasteiger partial charge is 0.261 e. The van der Waals surface area contributed by atoms with E-state index >= 15 is 0 Å². The van der Waals surface area contributed by atoms with E-state index in [1.807, 2.05) is 6.07 Å². The van der Waals surface area contributed by atoms with E-state index in [1.54, 1.807) is 31.4 Å². The molecule has 8 heteroatoms. The van der Waals surface area contributed by atoms with Crippen molar-refractivity contribution < 1.29 is 18.7 Å². The number of ether oxygens (including phenoxy) is 2. The number of furan rings is 1. The fourth-order valence-electron chi connectivity index (χ4n) is 2.58. The second-order valence-electron chi connectivity index (χ2n) is 5.59. The van der Waals surface area contributed by atoms with Gasteiger partial charge in [0, 0.05) is 6.54 Å². The minimum atomic E-state index is -0.491. The molecule has 2 N–H and O–H groups in total. The number of methoxy groups -OCH3 is 2. The number of carbonyl (C=O) groups excluding carboxylic acids is 1. The first-order valence-electron chi connectivity index (χ1n) is 7.99. The Morgan fingerprint density at radius 2 is 2.04 bits per heavy atom. The third-order valence-electron chi connectivity index (χ3n) is 3.89. The fraction of sp³-hybridized carbons (Fsp3) is 0.158. The van der Waals surface area contributed by atoms with Gasteiger partial charge in [-0.25, -0.2) is 0 Å². The van der Waals surface area contributed by atoms with Crippen molar-refractivity contribution in [3.8, 4) is 23.0 Å². The zero-order valence-corrected chi connectivity index (χ0v) is 16.3. The molecule has 0 aliphatic rings. The summed E-state index contributed by atoms with van der Waals surface area (Å²) in [6.45, 7) is 0.219. The lowest BCUT2D eigenvalue weighted by molar-refractivity contribution is 0.0949. The summed E-state index contributed by atoms with van der Waals surface area (Å²) in [5, 5.41) is 2.73. The monoisotopic (exact) mass is 432 g/mol. The maximum atomic E-state index is 12.4. The number of pyridine rings is 1. The summed E-state index contributed by atoms with van der Waals surface area (Å²) in [6.07, 6.45) is 1.51. The molecule has 2 heterocycles. The van der Waals surface area contributed by atoms with Crippen molar-refractivity contribution in [1.82, 2.24) is 10.3 Å². The Morgan fingerprint density at radius 1 is 1.22 bits per heavy atom. The van der Waals surface area contributed by atoms with E-state index in [-0.39, 0.29) is 12.1 Å². The highest BCUT2D eigenvalue weighted by Gasteiger charge is 2.14. The second-order valence-corrected chi connectivity index (χ2v) is 6.44. The van der Waals surface area contributed by atoms with Crippen LogP contribution in [0, 0.1) is 0 Å². The van der Waals surface area contributed by atoms with Gasteiger partial charge in [0.05, 0.1) is 30.6 Å². The highest BCUT2D eigenvalue weighted by molar-refractivity contribution is 9.10. The number of amides is 1. The number of hydrogen-bond donors (Lipinski definition) is 2. The predicted molar refractivity (Wildman–Crippen MR) is 103 cm³/mol. The molecule has 140 valence electrons. The van der Waals surface area contributed by atoms with Gasteiger partial charge in [-0.2, -0.15) is 0 Å². The number of halogens is 1. The lowest BCUT2D eigenvalue weighted by Gasteiger charge is -2.12. The Hall–Kier alpha value is -3.00. The maximum Gasteiger partial charge on any atom is 0.261 e. The summed E-state index contributed by atoms with van der Waals surface area (Å²) in [5.41, 5.74) is 0.821. The lowest BCUT2D eigenvalue weighted by Crippen LogP contribution is -2.29. The van der Waals surface area contributed by atoms with Crippen molar-refractivity contribution in [1.29, 1.82) is 0 Å². The van der Waals surface area contributed by atoms with Crippen LogP contribution in [-0.2, 0) is 6.54 Å². The topological polar surface area (TPSA) is 93.6 Å². The van der Waals surface area contributed by atoms with Gasteiger partial charge < -0.3 is 24.2 Å². The van der Waals surface area contributed by atoms with Gasteiger partial charge in [-0.1, -0.05) is 0 Å². The van der Waals surface area contributed by atoms with Gasteiger partial charge in [0.2, 0.25) is 0 Å². The third kappa shape index (κ3) is 4.06. The van der Waals surface area contributed by atoms with Crippen molar-refractivity contribution >= 4 is 21.8 Å². The number of H-pyrrole nitrogens is 1. The van der Waals surface area contributed by atoms with E-state index < -0.39 is 11.5 Å². The summed E-state index contributed by atoms with van der Waals surface area (Å²) in [4.78, 5) is 27.2. The number of carbonyl (C=O) groups is 1. The first-order valence-corrected chi connectivity index (χ1v) is 8.78. The molecule has 27 heavy (non-hydrogen) atoms.